The maximum Gasteiger partial charge on any atom is 0.331 e. The lowest BCUT2D eigenvalue weighted by molar-refractivity contribution is -0.384. The van der Waals surface area contributed by atoms with Crippen molar-refractivity contribution in [2.75, 3.05) is 7.11 Å². The van der Waals surface area contributed by atoms with Gasteiger partial charge in [0.05, 0.1) is 18.1 Å². The number of nitriles is 1. The number of carbonyl (C=O) groups is 2. The highest BCUT2D eigenvalue weighted by Gasteiger charge is 2.28. The zero-order chi connectivity index (χ0) is 13.7. The number of hydrogen-bond acceptors (Lipinski definition) is 6. The summed E-state index contributed by atoms with van der Waals surface area (Å²) in [6.07, 6.45) is 0. The van der Waals surface area contributed by atoms with Gasteiger partial charge in [-0.1, -0.05) is 0 Å². The maximum atomic E-state index is 11.8. The van der Waals surface area contributed by atoms with Gasteiger partial charge in [0.25, 0.3) is 5.69 Å². The van der Waals surface area contributed by atoms with E-state index in [1.807, 2.05) is 0 Å². The average molecular weight is 248 g/mol. The van der Waals surface area contributed by atoms with E-state index in [1.165, 1.54) is 18.2 Å². The van der Waals surface area contributed by atoms with E-state index in [0.29, 0.717) is 0 Å². The predicted molar refractivity (Wildman–Crippen MR) is 58.5 cm³/mol. The van der Waals surface area contributed by atoms with E-state index >= 15 is 0 Å². The van der Waals surface area contributed by atoms with Gasteiger partial charge in [-0.25, -0.2) is 0 Å². The van der Waals surface area contributed by atoms with Crippen molar-refractivity contribution >= 4 is 17.4 Å². The Kier molecular flexibility index (Phi) is 4.10. The molecule has 0 saturated carbocycles. The quantitative estimate of drug-likeness (QED) is 0.259. The number of rotatable bonds is 4. The van der Waals surface area contributed by atoms with Gasteiger partial charge in [0.1, 0.15) is 0 Å². The fourth-order valence-electron chi connectivity index (χ4n) is 1.25. The van der Waals surface area contributed by atoms with Crippen LogP contribution >= 0.6 is 0 Å². The first-order chi connectivity index (χ1) is 8.51. The molecular weight excluding hydrogens is 240 g/mol. The number of ketones is 1. The van der Waals surface area contributed by atoms with Crippen molar-refractivity contribution in [2.24, 2.45) is 5.92 Å². The van der Waals surface area contributed by atoms with Crippen molar-refractivity contribution in [3.63, 3.8) is 0 Å². The average Bonchev–Trinajstić information content (AvgIpc) is 2.39. The summed E-state index contributed by atoms with van der Waals surface area (Å²) in [6, 6.07) is 6.15. The molecule has 0 aliphatic carbocycles. The summed E-state index contributed by atoms with van der Waals surface area (Å²) in [4.78, 5) is 32.7. The molecular formula is C11H8N2O5. The van der Waals surface area contributed by atoms with E-state index in [1.54, 1.807) is 0 Å². The lowest BCUT2D eigenvalue weighted by atomic mass is 9.99. The zero-order valence-corrected chi connectivity index (χ0v) is 9.32. The molecule has 0 bridgehead atoms. The molecule has 1 atom stereocenters. The topological polar surface area (TPSA) is 110 Å². The molecule has 0 saturated heterocycles. The van der Waals surface area contributed by atoms with Crippen LogP contribution in [0.15, 0.2) is 24.3 Å². The number of esters is 1. The number of nitro benzene ring substituents is 1. The van der Waals surface area contributed by atoms with E-state index in [0.717, 1.165) is 19.2 Å². The van der Waals surface area contributed by atoms with Crippen molar-refractivity contribution < 1.29 is 19.2 Å². The molecule has 0 N–H and O–H groups in total. The maximum absolute atomic E-state index is 11.8. The van der Waals surface area contributed by atoms with Crippen LogP contribution in [0.2, 0.25) is 0 Å². The molecule has 7 nitrogen and oxygen atoms in total. The Morgan fingerprint density at radius 2 is 1.94 bits per heavy atom. The highest BCUT2D eigenvalue weighted by atomic mass is 16.6. The first-order valence-corrected chi connectivity index (χ1v) is 4.77. The zero-order valence-electron chi connectivity index (χ0n) is 9.32. The molecule has 0 aliphatic rings. The molecule has 0 aromatic heterocycles. The van der Waals surface area contributed by atoms with Crippen LogP contribution in [0.25, 0.3) is 0 Å². The molecule has 0 spiro atoms. The summed E-state index contributed by atoms with van der Waals surface area (Å²) in [6.45, 7) is 0. The fraction of sp³-hybridized carbons (Fsp3) is 0.182. The summed E-state index contributed by atoms with van der Waals surface area (Å²) in [5.74, 6) is -3.27. The molecule has 1 aromatic rings. The molecule has 92 valence electrons. The van der Waals surface area contributed by atoms with E-state index in [9.17, 15) is 19.7 Å². The van der Waals surface area contributed by atoms with E-state index in [4.69, 9.17) is 5.26 Å². The smallest absolute Gasteiger partial charge is 0.331 e. The SMILES string of the molecule is COC(=O)C(C#N)C(=O)c1ccc([N+](=O)[O-])cc1. The molecule has 0 aliphatic heterocycles. The molecule has 1 aromatic carbocycles. The number of nitro groups is 1. The summed E-state index contributed by atoms with van der Waals surface area (Å²) >= 11 is 0. The van der Waals surface area contributed by atoms with Gasteiger partial charge in [0.2, 0.25) is 5.92 Å². The minimum Gasteiger partial charge on any atom is -0.468 e. The van der Waals surface area contributed by atoms with Gasteiger partial charge in [-0.2, -0.15) is 5.26 Å². The van der Waals surface area contributed by atoms with Gasteiger partial charge in [-0.05, 0) is 12.1 Å². The van der Waals surface area contributed by atoms with E-state index < -0.39 is 22.6 Å². The van der Waals surface area contributed by atoms with Crippen LogP contribution in [-0.4, -0.2) is 23.8 Å². The lowest BCUT2D eigenvalue weighted by Gasteiger charge is -2.05. The second-order valence-corrected chi connectivity index (χ2v) is 3.25. The minimum atomic E-state index is -1.56. The Bertz CT molecular complexity index is 529. The predicted octanol–water partition coefficient (Wildman–Crippen LogP) is 1.09. The third-order valence-electron chi connectivity index (χ3n) is 2.19. The van der Waals surface area contributed by atoms with Crippen molar-refractivity contribution in [1.29, 1.82) is 5.26 Å². The van der Waals surface area contributed by atoms with Crippen LogP contribution in [0.3, 0.4) is 0 Å². The Labute approximate surface area is 102 Å². The van der Waals surface area contributed by atoms with Gasteiger partial charge >= 0.3 is 5.97 Å². The molecule has 1 unspecified atom stereocenters. The Morgan fingerprint density at radius 3 is 2.33 bits per heavy atom. The first-order valence-electron chi connectivity index (χ1n) is 4.77. The van der Waals surface area contributed by atoms with Crippen LogP contribution in [0, 0.1) is 27.4 Å². The van der Waals surface area contributed by atoms with Crippen LogP contribution in [0.1, 0.15) is 10.4 Å². The van der Waals surface area contributed by atoms with Gasteiger partial charge in [-0.15, -0.1) is 0 Å². The van der Waals surface area contributed by atoms with Crippen LogP contribution in [0.5, 0.6) is 0 Å². The highest BCUT2D eigenvalue weighted by Crippen LogP contribution is 2.15. The van der Waals surface area contributed by atoms with Gasteiger partial charge in [-0.3, -0.25) is 19.7 Å². The number of benzene rings is 1. The van der Waals surface area contributed by atoms with Crippen LogP contribution < -0.4 is 0 Å². The van der Waals surface area contributed by atoms with Crippen molar-refractivity contribution in [3.8, 4) is 6.07 Å². The van der Waals surface area contributed by atoms with E-state index in [-0.39, 0.29) is 11.3 Å². The van der Waals surface area contributed by atoms with Gasteiger partial charge < -0.3 is 4.74 Å². The third kappa shape index (κ3) is 2.68. The number of ether oxygens (including phenoxy) is 1. The summed E-state index contributed by atoms with van der Waals surface area (Å²) in [5.41, 5.74) is -0.143. The number of Topliss-reactive ketones (excluding diaryl/α,β-unsaturated/α-hetero) is 1. The van der Waals surface area contributed by atoms with Gasteiger partial charge in [0, 0.05) is 17.7 Å². The second kappa shape index (κ2) is 5.54. The molecule has 1 rings (SSSR count). The van der Waals surface area contributed by atoms with Crippen LogP contribution in [0.4, 0.5) is 5.69 Å². The Morgan fingerprint density at radius 1 is 1.39 bits per heavy atom. The standard InChI is InChI=1S/C11H8N2O5/c1-18-11(15)9(6-12)10(14)7-2-4-8(5-3-7)13(16)17/h2-5,9H,1H3. The Balaban J connectivity index is 3.00. The summed E-state index contributed by atoms with van der Waals surface area (Å²) < 4.78 is 4.32. The second-order valence-electron chi connectivity index (χ2n) is 3.25. The lowest BCUT2D eigenvalue weighted by Crippen LogP contribution is -2.23. The highest BCUT2D eigenvalue weighted by molar-refractivity contribution is 6.10. The largest absolute Gasteiger partial charge is 0.468 e. The first kappa shape index (κ1) is 13.3. The monoisotopic (exact) mass is 248 g/mol. The number of methoxy groups -OCH3 is 1. The van der Waals surface area contributed by atoms with Crippen molar-refractivity contribution in [2.45, 2.75) is 0 Å². The third-order valence-corrected chi connectivity index (χ3v) is 2.19. The minimum absolute atomic E-state index is 0.0394. The molecule has 0 radical (unpaired) electrons. The molecule has 0 amide bonds. The number of hydrogen-bond donors (Lipinski definition) is 0. The van der Waals surface area contributed by atoms with Crippen molar-refractivity contribution in [1.82, 2.24) is 0 Å². The number of non-ortho nitro benzene ring substituents is 1. The molecule has 0 heterocycles. The van der Waals surface area contributed by atoms with Crippen LogP contribution in [-0.2, 0) is 9.53 Å². The molecule has 7 heteroatoms. The van der Waals surface area contributed by atoms with Crippen molar-refractivity contribution in [3.05, 3.63) is 39.9 Å². The van der Waals surface area contributed by atoms with E-state index in [2.05, 4.69) is 4.74 Å². The number of carbonyl (C=O) groups excluding carboxylic acids is 2. The Hall–Kier alpha value is -2.75. The summed E-state index contributed by atoms with van der Waals surface area (Å²) in [5, 5.41) is 19.1. The molecule has 0 fully saturated rings. The fourth-order valence-corrected chi connectivity index (χ4v) is 1.25. The number of nitrogens with zero attached hydrogens (tertiary/aromatic N) is 2. The normalized spacial score (nSPS) is 11.1. The van der Waals surface area contributed by atoms with Gasteiger partial charge in [0.15, 0.2) is 5.78 Å². The summed E-state index contributed by atoms with van der Waals surface area (Å²) in [7, 11) is 1.07. The molecule has 18 heavy (non-hydrogen) atoms.